The third-order valence-corrected chi connectivity index (χ3v) is 5.81. The molecule has 0 aliphatic carbocycles. The molecule has 6 heteroatoms. The Labute approximate surface area is 146 Å². The Morgan fingerprint density at radius 3 is 2.92 bits per heavy atom. The predicted molar refractivity (Wildman–Crippen MR) is 96.6 cm³/mol. The normalized spacial score (nSPS) is 19.2. The first-order chi connectivity index (χ1) is 11.6. The Kier molecular flexibility index (Phi) is 4.10. The lowest BCUT2D eigenvalue weighted by molar-refractivity contribution is 0.200. The van der Waals surface area contributed by atoms with Gasteiger partial charge < -0.3 is 0 Å². The lowest BCUT2D eigenvalue weighted by Crippen LogP contribution is -2.33. The maximum atomic E-state index is 4.71. The van der Waals surface area contributed by atoms with E-state index in [2.05, 4.69) is 34.9 Å². The highest BCUT2D eigenvalue weighted by Crippen LogP contribution is 2.30. The lowest BCUT2D eigenvalue weighted by atomic mass is 9.98. The topological polar surface area (TPSA) is 46.3 Å². The van der Waals surface area contributed by atoms with Gasteiger partial charge in [0.05, 0.1) is 11.2 Å². The summed E-state index contributed by atoms with van der Waals surface area (Å²) in [6, 6.07) is 2.07. The first kappa shape index (κ1) is 15.7. The van der Waals surface area contributed by atoms with Crippen LogP contribution in [0.25, 0.3) is 5.65 Å². The van der Waals surface area contributed by atoms with Gasteiger partial charge in [-0.3, -0.25) is 4.90 Å². The molecule has 0 amide bonds. The molecule has 1 atom stereocenters. The van der Waals surface area contributed by atoms with Crippen molar-refractivity contribution < 1.29 is 0 Å². The molecule has 0 aromatic carbocycles. The molecule has 24 heavy (non-hydrogen) atoms. The largest absolute Gasteiger partial charge is 0.298 e. The van der Waals surface area contributed by atoms with Crippen molar-refractivity contribution in [2.24, 2.45) is 0 Å². The van der Waals surface area contributed by atoms with Crippen LogP contribution >= 0.6 is 11.3 Å². The Balaban J connectivity index is 1.55. The summed E-state index contributed by atoms with van der Waals surface area (Å²) in [6.07, 6.45) is 6.45. The van der Waals surface area contributed by atoms with E-state index < -0.39 is 0 Å². The Morgan fingerprint density at radius 1 is 1.25 bits per heavy atom. The molecule has 1 saturated heterocycles. The molecule has 126 valence electrons. The van der Waals surface area contributed by atoms with Crippen LogP contribution in [0.1, 0.15) is 45.6 Å². The van der Waals surface area contributed by atoms with Crippen LogP contribution in [0, 0.1) is 20.8 Å². The van der Waals surface area contributed by atoms with E-state index in [0.29, 0.717) is 5.92 Å². The highest BCUT2D eigenvalue weighted by molar-refractivity contribution is 7.11. The van der Waals surface area contributed by atoms with Crippen LogP contribution < -0.4 is 0 Å². The number of hydrogen-bond donors (Lipinski definition) is 0. The summed E-state index contributed by atoms with van der Waals surface area (Å²) in [5.74, 6) is 0.565. The number of fused-ring (bicyclic) bond motifs is 1. The van der Waals surface area contributed by atoms with Crippen LogP contribution in [-0.4, -0.2) is 37.6 Å². The van der Waals surface area contributed by atoms with E-state index in [1.54, 1.807) is 0 Å². The minimum Gasteiger partial charge on any atom is -0.298 e. The fourth-order valence-electron chi connectivity index (χ4n) is 3.63. The number of thiazole rings is 1. The van der Waals surface area contributed by atoms with Crippen molar-refractivity contribution in [2.75, 3.05) is 13.1 Å². The van der Waals surface area contributed by atoms with Gasteiger partial charge in [0.25, 0.3) is 0 Å². The molecular weight excluding hydrogens is 318 g/mol. The summed E-state index contributed by atoms with van der Waals surface area (Å²) in [4.78, 5) is 13.1. The van der Waals surface area contributed by atoms with E-state index >= 15 is 0 Å². The summed E-state index contributed by atoms with van der Waals surface area (Å²) >= 11 is 1.84. The van der Waals surface area contributed by atoms with Gasteiger partial charge in [0, 0.05) is 47.0 Å². The zero-order chi connectivity index (χ0) is 16.7. The number of rotatable bonds is 3. The quantitative estimate of drug-likeness (QED) is 0.731. The second-order valence-electron chi connectivity index (χ2n) is 6.83. The predicted octanol–water partition coefficient (Wildman–Crippen LogP) is 3.49. The van der Waals surface area contributed by atoms with Gasteiger partial charge in [-0.15, -0.1) is 11.3 Å². The van der Waals surface area contributed by atoms with Crippen LogP contribution in [-0.2, 0) is 6.54 Å². The standard InChI is InChI=1S/C18H23N5S/c1-12-7-13(2)23-17(21-12)16(9-20-23)11-22-6-4-5-15(10-22)18-19-8-14(3)24-18/h7-9,15H,4-6,10-11H2,1-3H3/t15-/m0/s1. The summed E-state index contributed by atoms with van der Waals surface area (Å²) in [5.41, 5.74) is 4.41. The fourth-order valence-corrected chi connectivity index (χ4v) is 4.53. The Bertz CT molecular complexity index is 866. The molecule has 0 bridgehead atoms. The molecule has 5 nitrogen and oxygen atoms in total. The maximum absolute atomic E-state index is 4.71. The van der Waals surface area contributed by atoms with E-state index in [1.807, 2.05) is 35.2 Å². The van der Waals surface area contributed by atoms with Crippen LogP contribution in [0.15, 0.2) is 18.5 Å². The van der Waals surface area contributed by atoms with Crippen molar-refractivity contribution in [1.29, 1.82) is 0 Å². The van der Waals surface area contributed by atoms with Gasteiger partial charge in [-0.05, 0) is 46.2 Å². The van der Waals surface area contributed by atoms with E-state index in [0.717, 1.165) is 36.7 Å². The zero-order valence-electron chi connectivity index (χ0n) is 14.5. The lowest BCUT2D eigenvalue weighted by Gasteiger charge is -2.31. The molecule has 1 fully saturated rings. The van der Waals surface area contributed by atoms with Crippen molar-refractivity contribution in [3.8, 4) is 0 Å². The van der Waals surface area contributed by atoms with Gasteiger partial charge in [0.15, 0.2) is 5.65 Å². The van der Waals surface area contributed by atoms with E-state index in [1.165, 1.54) is 28.3 Å². The van der Waals surface area contributed by atoms with Crippen molar-refractivity contribution in [3.63, 3.8) is 0 Å². The molecular formula is C18H23N5S. The number of aromatic nitrogens is 4. The molecule has 0 radical (unpaired) electrons. The van der Waals surface area contributed by atoms with Crippen molar-refractivity contribution in [2.45, 2.75) is 46.1 Å². The van der Waals surface area contributed by atoms with Crippen LogP contribution in [0.2, 0.25) is 0 Å². The molecule has 0 N–H and O–H groups in total. The van der Waals surface area contributed by atoms with Gasteiger partial charge in [-0.1, -0.05) is 0 Å². The van der Waals surface area contributed by atoms with Gasteiger partial charge in [0.2, 0.25) is 0 Å². The molecule has 4 rings (SSSR count). The fraction of sp³-hybridized carbons (Fsp3) is 0.500. The summed E-state index contributed by atoms with van der Waals surface area (Å²) in [6.45, 7) is 9.40. The van der Waals surface area contributed by atoms with Crippen molar-refractivity contribution in [3.05, 3.63) is 45.3 Å². The maximum Gasteiger partial charge on any atom is 0.159 e. The first-order valence-corrected chi connectivity index (χ1v) is 9.37. The molecule has 3 aromatic rings. The number of piperidine rings is 1. The van der Waals surface area contributed by atoms with E-state index in [4.69, 9.17) is 4.98 Å². The van der Waals surface area contributed by atoms with Crippen LogP contribution in [0.4, 0.5) is 0 Å². The van der Waals surface area contributed by atoms with Crippen molar-refractivity contribution in [1.82, 2.24) is 24.5 Å². The highest BCUT2D eigenvalue weighted by atomic mass is 32.1. The number of likely N-dealkylation sites (tertiary alicyclic amines) is 1. The molecule has 4 heterocycles. The zero-order valence-corrected chi connectivity index (χ0v) is 15.3. The first-order valence-electron chi connectivity index (χ1n) is 8.55. The summed E-state index contributed by atoms with van der Waals surface area (Å²) < 4.78 is 1.95. The van der Waals surface area contributed by atoms with E-state index in [-0.39, 0.29) is 0 Å². The average Bonchev–Trinajstić information content (AvgIpc) is 3.15. The minimum atomic E-state index is 0.565. The smallest absolute Gasteiger partial charge is 0.159 e. The van der Waals surface area contributed by atoms with Gasteiger partial charge in [-0.2, -0.15) is 5.10 Å². The molecule has 0 unspecified atom stereocenters. The highest BCUT2D eigenvalue weighted by Gasteiger charge is 2.24. The minimum absolute atomic E-state index is 0.565. The monoisotopic (exact) mass is 341 g/mol. The number of nitrogens with zero attached hydrogens (tertiary/aromatic N) is 5. The molecule has 0 spiro atoms. The van der Waals surface area contributed by atoms with Crippen LogP contribution in [0.3, 0.4) is 0 Å². The SMILES string of the molecule is Cc1cc(C)n2ncc(CN3CCC[C@H](c4ncc(C)s4)C3)c2n1. The summed E-state index contributed by atoms with van der Waals surface area (Å²) in [7, 11) is 0. The molecule has 3 aromatic heterocycles. The number of aryl methyl sites for hydroxylation is 3. The second kappa shape index (κ2) is 6.26. The van der Waals surface area contributed by atoms with Gasteiger partial charge in [0.1, 0.15) is 0 Å². The summed E-state index contributed by atoms with van der Waals surface area (Å²) in [5, 5.41) is 5.82. The van der Waals surface area contributed by atoms with Gasteiger partial charge in [-0.25, -0.2) is 14.5 Å². The van der Waals surface area contributed by atoms with Crippen molar-refractivity contribution >= 4 is 17.0 Å². The number of hydrogen-bond acceptors (Lipinski definition) is 5. The van der Waals surface area contributed by atoms with Crippen LogP contribution in [0.5, 0.6) is 0 Å². The molecule has 1 aliphatic rings. The third kappa shape index (κ3) is 2.96. The average molecular weight is 341 g/mol. The van der Waals surface area contributed by atoms with E-state index in [9.17, 15) is 0 Å². The third-order valence-electron chi connectivity index (χ3n) is 4.74. The Morgan fingerprint density at radius 2 is 2.12 bits per heavy atom. The molecule has 0 saturated carbocycles. The Hall–Kier alpha value is -1.79. The molecule has 1 aliphatic heterocycles. The van der Waals surface area contributed by atoms with Gasteiger partial charge >= 0.3 is 0 Å². The second-order valence-corrected chi connectivity index (χ2v) is 8.09.